The van der Waals surface area contributed by atoms with Gasteiger partial charge in [-0.2, -0.15) is 0 Å². The molecule has 0 heterocycles. The van der Waals surface area contributed by atoms with Gasteiger partial charge in [-0.05, 0) is 91.8 Å². The van der Waals surface area contributed by atoms with E-state index in [2.05, 4.69) is 33.8 Å². The third kappa shape index (κ3) is 2.21. The van der Waals surface area contributed by atoms with Crippen molar-refractivity contribution in [2.75, 3.05) is 0 Å². The Morgan fingerprint density at radius 3 is 2.43 bits per heavy atom. The summed E-state index contributed by atoms with van der Waals surface area (Å²) < 4.78 is 0. The van der Waals surface area contributed by atoms with Crippen LogP contribution in [0.15, 0.2) is 11.6 Å². The zero-order chi connectivity index (χ0) is 16.4. The molecule has 1 heteroatoms. The molecule has 4 aliphatic rings. The van der Waals surface area contributed by atoms with Crippen LogP contribution in [0, 0.1) is 40.4 Å². The third-order valence-corrected chi connectivity index (χ3v) is 8.93. The van der Waals surface area contributed by atoms with Crippen LogP contribution in [-0.4, -0.2) is 11.2 Å². The Balaban J connectivity index is 1.66. The van der Waals surface area contributed by atoms with Gasteiger partial charge >= 0.3 is 0 Å². The Morgan fingerprint density at radius 2 is 1.70 bits per heavy atom. The lowest BCUT2D eigenvalue weighted by Crippen LogP contribution is -2.49. The van der Waals surface area contributed by atoms with Gasteiger partial charge in [0.1, 0.15) is 0 Å². The van der Waals surface area contributed by atoms with Crippen LogP contribution in [0.2, 0.25) is 0 Å². The number of aliphatic hydroxyl groups excluding tert-OH is 1. The van der Waals surface area contributed by atoms with Gasteiger partial charge in [0.25, 0.3) is 0 Å². The minimum Gasteiger partial charge on any atom is -0.393 e. The first kappa shape index (κ1) is 16.2. The highest BCUT2D eigenvalue weighted by Gasteiger charge is 2.57. The fourth-order valence-corrected chi connectivity index (χ4v) is 7.63. The standard InChI is InChI=1S/C22H36O/c1-14(2)18-7-8-19-17-6-5-15-13-16(23)9-11-21(15,3)20(17)10-12-22(18,19)4/h6,14-16,18-20,23H,5,7-13H2,1-4H3. The lowest BCUT2D eigenvalue weighted by molar-refractivity contribution is -0.0420. The van der Waals surface area contributed by atoms with Gasteiger partial charge in [-0.15, -0.1) is 0 Å². The first-order valence-corrected chi connectivity index (χ1v) is 10.2. The Labute approximate surface area is 142 Å². The van der Waals surface area contributed by atoms with Gasteiger partial charge in [-0.1, -0.05) is 39.3 Å². The van der Waals surface area contributed by atoms with E-state index in [0.29, 0.717) is 10.8 Å². The third-order valence-electron chi connectivity index (χ3n) is 8.93. The lowest BCUT2D eigenvalue weighted by Gasteiger charge is -2.57. The molecule has 7 unspecified atom stereocenters. The van der Waals surface area contributed by atoms with Crippen LogP contribution in [0.1, 0.15) is 79.1 Å². The van der Waals surface area contributed by atoms with Crippen LogP contribution in [0.5, 0.6) is 0 Å². The van der Waals surface area contributed by atoms with E-state index in [4.69, 9.17) is 0 Å². The Morgan fingerprint density at radius 1 is 1.00 bits per heavy atom. The molecule has 3 fully saturated rings. The first-order chi connectivity index (χ1) is 10.9. The van der Waals surface area contributed by atoms with Crippen LogP contribution in [-0.2, 0) is 0 Å². The molecule has 7 atom stereocenters. The van der Waals surface area contributed by atoms with E-state index < -0.39 is 0 Å². The van der Waals surface area contributed by atoms with E-state index in [1.807, 2.05) is 5.57 Å². The normalized spacial score (nSPS) is 52.6. The molecule has 23 heavy (non-hydrogen) atoms. The largest absolute Gasteiger partial charge is 0.393 e. The van der Waals surface area contributed by atoms with E-state index in [9.17, 15) is 5.11 Å². The van der Waals surface area contributed by atoms with Crippen molar-refractivity contribution in [2.45, 2.75) is 85.2 Å². The molecule has 3 saturated carbocycles. The molecule has 0 aromatic heterocycles. The van der Waals surface area contributed by atoms with Gasteiger partial charge in [0, 0.05) is 0 Å². The monoisotopic (exact) mass is 316 g/mol. The maximum absolute atomic E-state index is 10.1. The summed E-state index contributed by atoms with van der Waals surface area (Å²) in [4.78, 5) is 0. The van der Waals surface area contributed by atoms with Gasteiger partial charge in [0.2, 0.25) is 0 Å². The summed E-state index contributed by atoms with van der Waals surface area (Å²) >= 11 is 0. The van der Waals surface area contributed by atoms with Crippen molar-refractivity contribution in [1.29, 1.82) is 0 Å². The second kappa shape index (κ2) is 5.35. The van der Waals surface area contributed by atoms with Crippen molar-refractivity contribution in [1.82, 2.24) is 0 Å². The number of allylic oxidation sites excluding steroid dienone is 2. The maximum Gasteiger partial charge on any atom is 0.0543 e. The lowest BCUT2D eigenvalue weighted by atomic mass is 9.47. The van der Waals surface area contributed by atoms with Gasteiger partial charge < -0.3 is 5.11 Å². The molecular formula is C22H36O. The molecule has 130 valence electrons. The number of hydrogen-bond acceptors (Lipinski definition) is 1. The van der Waals surface area contributed by atoms with Crippen LogP contribution >= 0.6 is 0 Å². The minimum atomic E-state index is -0.0336. The minimum absolute atomic E-state index is 0.0336. The summed E-state index contributed by atoms with van der Waals surface area (Å²) in [6, 6.07) is 0. The second-order valence-electron chi connectivity index (χ2n) is 10.1. The molecule has 0 aromatic carbocycles. The maximum atomic E-state index is 10.1. The smallest absolute Gasteiger partial charge is 0.0543 e. The van der Waals surface area contributed by atoms with Gasteiger partial charge in [0.15, 0.2) is 0 Å². The van der Waals surface area contributed by atoms with E-state index in [-0.39, 0.29) is 6.10 Å². The molecule has 1 nitrogen and oxygen atoms in total. The van der Waals surface area contributed by atoms with Crippen molar-refractivity contribution in [3.05, 3.63) is 11.6 Å². The first-order valence-electron chi connectivity index (χ1n) is 10.2. The highest BCUT2D eigenvalue weighted by molar-refractivity contribution is 5.27. The molecule has 0 aliphatic heterocycles. The predicted octanol–water partition coefficient (Wildman–Crippen LogP) is 5.58. The Kier molecular flexibility index (Phi) is 3.76. The fourth-order valence-electron chi connectivity index (χ4n) is 7.63. The fraction of sp³-hybridized carbons (Fsp3) is 0.909. The quantitative estimate of drug-likeness (QED) is 0.626. The summed E-state index contributed by atoms with van der Waals surface area (Å²) in [5.74, 6) is 4.16. The number of aliphatic hydroxyl groups is 1. The average molecular weight is 317 g/mol. The molecular weight excluding hydrogens is 280 g/mol. The predicted molar refractivity (Wildman–Crippen MR) is 96.0 cm³/mol. The Bertz CT molecular complexity index is 506. The molecule has 0 spiro atoms. The SMILES string of the molecule is CC(C)C1CCC2C3=CCC4CC(O)CCC4(C)C3CCC21C. The zero-order valence-corrected chi connectivity index (χ0v) is 15.6. The summed E-state index contributed by atoms with van der Waals surface area (Å²) in [6.07, 6.45) is 12.9. The number of rotatable bonds is 1. The molecule has 0 radical (unpaired) electrons. The molecule has 4 rings (SSSR count). The summed E-state index contributed by atoms with van der Waals surface area (Å²) in [5, 5.41) is 10.1. The molecule has 1 N–H and O–H groups in total. The van der Waals surface area contributed by atoms with Crippen LogP contribution < -0.4 is 0 Å². The average Bonchev–Trinajstić information content (AvgIpc) is 2.85. The zero-order valence-electron chi connectivity index (χ0n) is 15.6. The van der Waals surface area contributed by atoms with Crippen molar-refractivity contribution < 1.29 is 5.11 Å². The van der Waals surface area contributed by atoms with Crippen molar-refractivity contribution in [2.24, 2.45) is 40.4 Å². The molecule has 0 bridgehead atoms. The number of hydrogen-bond donors (Lipinski definition) is 1. The van der Waals surface area contributed by atoms with Gasteiger partial charge in [-0.25, -0.2) is 0 Å². The van der Waals surface area contributed by atoms with Crippen LogP contribution in [0.25, 0.3) is 0 Å². The van der Waals surface area contributed by atoms with Gasteiger partial charge in [-0.3, -0.25) is 0 Å². The number of fused-ring (bicyclic) bond motifs is 5. The summed E-state index contributed by atoms with van der Waals surface area (Å²) in [7, 11) is 0. The summed E-state index contributed by atoms with van der Waals surface area (Å²) in [5.41, 5.74) is 2.89. The highest BCUT2D eigenvalue weighted by atomic mass is 16.3. The topological polar surface area (TPSA) is 20.2 Å². The highest BCUT2D eigenvalue weighted by Crippen LogP contribution is 2.66. The van der Waals surface area contributed by atoms with Crippen LogP contribution in [0.4, 0.5) is 0 Å². The van der Waals surface area contributed by atoms with Crippen molar-refractivity contribution in [3.8, 4) is 0 Å². The molecule has 0 aromatic rings. The van der Waals surface area contributed by atoms with E-state index in [0.717, 1.165) is 42.4 Å². The molecule has 0 amide bonds. The van der Waals surface area contributed by atoms with Crippen molar-refractivity contribution in [3.63, 3.8) is 0 Å². The molecule has 4 aliphatic carbocycles. The van der Waals surface area contributed by atoms with Gasteiger partial charge in [0.05, 0.1) is 6.10 Å². The van der Waals surface area contributed by atoms with Crippen LogP contribution in [0.3, 0.4) is 0 Å². The Hall–Kier alpha value is -0.300. The van der Waals surface area contributed by atoms with E-state index >= 15 is 0 Å². The second-order valence-corrected chi connectivity index (χ2v) is 10.1. The molecule has 0 saturated heterocycles. The summed E-state index contributed by atoms with van der Waals surface area (Å²) in [6.45, 7) is 10.1. The van der Waals surface area contributed by atoms with Crippen molar-refractivity contribution >= 4 is 0 Å². The van der Waals surface area contributed by atoms with E-state index in [1.54, 1.807) is 0 Å². The van der Waals surface area contributed by atoms with E-state index in [1.165, 1.54) is 38.5 Å².